The SMILES string of the molecule is CCN(CC(F)(F)F)C(=O)c1cnc(NN)c(Cl)c1. The van der Waals surface area contributed by atoms with Crippen molar-refractivity contribution >= 4 is 23.3 Å². The molecule has 0 aliphatic carbocycles. The average molecular weight is 297 g/mol. The van der Waals surface area contributed by atoms with Crippen molar-refractivity contribution in [3.8, 4) is 0 Å². The lowest BCUT2D eigenvalue weighted by molar-refractivity contribution is -0.140. The smallest absolute Gasteiger partial charge is 0.330 e. The summed E-state index contributed by atoms with van der Waals surface area (Å²) in [5.41, 5.74) is 2.16. The highest BCUT2D eigenvalue weighted by Gasteiger charge is 2.32. The molecule has 0 saturated heterocycles. The zero-order valence-corrected chi connectivity index (χ0v) is 10.7. The van der Waals surface area contributed by atoms with E-state index in [2.05, 4.69) is 10.4 Å². The minimum Gasteiger partial charge on any atom is -0.330 e. The van der Waals surface area contributed by atoms with Gasteiger partial charge in [-0.25, -0.2) is 10.8 Å². The minimum atomic E-state index is -4.46. The lowest BCUT2D eigenvalue weighted by Crippen LogP contribution is -2.38. The molecule has 5 nitrogen and oxygen atoms in total. The Morgan fingerprint density at radius 1 is 1.58 bits per heavy atom. The third-order valence-electron chi connectivity index (χ3n) is 2.26. The van der Waals surface area contributed by atoms with Gasteiger partial charge in [-0.15, -0.1) is 0 Å². The molecule has 0 bridgehead atoms. The largest absolute Gasteiger partial charge is 0.406 e. The Morgan fingerprint density at radius 2 is 2.21 bits per heavy atom. The van der Waals surface area contributed by atoms with Gasteiger partial charge in [-0.05, 0) is 13.0 Å². The summed E-state index contributed by atoms with van der Waals surface area (Å²) >= 11 is 5.76. The molecule has 0 aliphatic rings. The number of pyridine rings is 1. The van der Waals surface area contributed by atoms with E-state index in [0.29, 0.717) is 4.90 Å². The monoisotopic (exact) mass is 296 g/mol. The van der Waals surface area contributed by atoms with Crippen LogP contribution in [0, 0.1) is 0 Å². The Balaban J connectivity index is 2.95. The van der Waals surface area contributed by atoms with E-state index in [1.807, 2.05) is 0 Å². The van der Waals surface area contributed by atoms with Crippen molar-refractivity contribution in [1.82, 2.24) is 9.88 Å². The molecule has 0 aliphatic heterocycles. The van der Waals surface area contributed by atoms with Crippen LogP contribution in [-0.2, 0) is 0 Å². The number of carbonyl (C=O) groups is 1. The van der Waals surface area contributed by atoms with Gasteiger partial charge in [0.2, 0.25) is 0 Å². The number of hydrogen-bond donors (Lipinski definition) is 2. The van der Waals surface area contributed by atoms with Crippen molar-refractivity contribution in [2.24, 2.45) is 5.84 Å². The molecular weight excluding hydrogens is 285 g/mol. The zero-order valence-electron chi connectivity index (χ0n) is 9.96. The van der Waals surface area contributed by atoms with Crippen LogP contribution in [0.3, 0.4) is 0 Å². The topological polar surface area (TPSA) is 71.2 Å². The van der Waals surface area contributed by atoms with Crippen LogP contribution in [0.5, 0.6) is 0 Å². The second-order valence-corrected chi connectivity index (χ2v) is 4.04. The standard InChI is InChI=1S/C10H12ClF3N4O/c1-2-18(5-10(12,13)14)9(19)6-3-7(11)8(17-15)16-4-6/h3-4H,2,5,15H2,1H3,(H,16,17). The third-order valence-corrected chi connectivity index (χ3v) is 2.55. The van der Waals surface area contributed by atoms with Crippen LogP contribution in [-0.4, -0.2) is 35.1 Å². The quantitative estimate of drug-likeness (QED) is 0.659. The van der Waals surface area contributed by atoms with Gasteiger partial charge >= 0.3 is 6.18 Å². The lowest BCUT2D eigenvalue weighted by atomic mass is 10.2. The molecule has 0 aromatic carbocycles. The molecule has 0 unspecified atom stereocenters. The molecule has 1 rings (SSSR count). The molecule has 0 radical (unpaired) electrons. The normalized spacial score (nSPS) is 11.3. The van der Waals surface area contributed by atoms with E-state index in [1.165, 1.54) is 13.0 Å². The summed E-state index contributed by atoms with van der Waals surface area (Å²) < 4.78 is 36.9. The Kier molecular flexibility index (Phi) is 4.96. The number of halogens is 4. The van der Waals surface area contributed by atoms with Crippen LogP contribution in [0.15, 0.2) is 12.3 Å². The number of hydrogen-bond acceptors (Lipinski definition) is 4. The van der Waals surface area contributed by atoms with Crippen molar-refractivity contribution in [2.45, 2.75) is 13.1 Å². The fourth-order valence-corrected chi connectivity index (χ4v) is 1.61. The number of alkyl halides is 3. The summed E-state index contributed by atoms with van der Waals surface area (Å²) in [7, 11) is 0. The zero-order chi connectivity index (χ0) is 14.6. The molecule has 0 saturated carbocycles. The number of carbonyl (C=O) groups excluding carboxylic acids is 1. The van der Waals surface area contributed by atoms with E-state index in [0.717, 1.165) is 6.20 Å². The Labute approximate surface area is 112 Å². The van der Waals surface area contributed by atoms with Crippen LogP contribution in [0.4, 0.5) is 19.0 Å². The van der Waals surface area contributed by atoms with Crippen LogP contribution >= 0.6 is 11.6 Å². The van der Waals surface area contributed by atoms with Crippen molar-refractivity contribution in [3.05, 3.63) is 22.8 Å². The Hall–Kier alpha value is -1.54. The molecule has 19 heavy (non-hydrogen) atoms. The molecule has 106 valence electrons. The Morgan fingerprint density at radius 3 is 2.63 bits per heavy atom. The number of aromatic nitrogens is 1. The molecule has 9 heteroatoms. The molecule has 0 atom stereocenters. The van der Waals surface area contributed by atoms with Crippen molar-refractivity contribution in [3.63, 3.8) is 0 Å². The highest BCUT2D eigenvalue weighted by Crippen LogP contribution is 2.21. The van der Waals surface area contributed by atoms with Gasteiger partial charge in [0.05, 0.1) is 10.6 Å². The third kappa shape index (κ3) is 4.25. The number of rotatable bonds is 4. The fraction of sp³-hybridized carbons (Fsp3) is 0.400. The van der Waals surface area contributed by atoms with Crippen LogP contribution < -0.4 is 11.3 Å². The van der Waals surface area contributed by atoms with Crippen LogP contribution in [0.25, 0.3) is 0 Å². The molecule has 1 aromatic heterocycles. The summed E-state index contributed by atoms with van der Waals surface area (Å²) in [6.07, 6.45) is -3.34. The van der Waals surface area contributed by atoms with Crippen LogP contribution in [0.1, 0.15) is 17.3 Å². The molecule has 1 aromatic rings. The summed E-state index contributed by atoms with van der Waals surface area (Å²) in [5, 5.41) is 0.0522. The van der Waals surface area contributed by atoms with Crippen molar-refractivity contribution in [1.29, 1.82) is 0 Å². The number of nitrogens with two attached hydrogens (primary N) is 1. The predicted molar refractivity (Wildman–Crippen MR) is 64.7 cm³/mol. The number of nitrogens with zero attached hydrogens (tertiary/aromatic N) is 2. The van der Waals surface area contributed by atoms with Crippen molar-refractivity contribution < 1.29 is 18.0 Å². The minimum absolute atomic E-state index is 0.0323. The number of nitrogens with one attached hydrogen (secondary N) is 1. The van der Waals surface area contributed by atoms with E-state index in [9.17, 15) is 18.0 Å². The average Bonchev–Trinajstić information content (AvgIpc) is 2.34. The first-order chi connectivity index (χ1) is 8.78. The van der Waals surface area contributed by atoms with Crippen LogP contribution in [0.2, 0.25) is 5.02 Å². The Bertz CT molecular complexity index is 467. The number of nitrogen functional groups attached to an aromatic ring is 1. The van der Waals surface area contributed by atoms with E-state index >= 15 is 0 Å². The molecule has 1 amide bonds. The van der Waals surface area contributed by atoms with Gasteiger partial charge < -0.3 is 10.3 Å². The highest BCUT2D eigenvalue weighted by molar-refractivity contribution is 6.33. The fourth-order valence-electron chi connectivity index (χ4n) is 1.39. The predicted octanol–water partition coefficient (Wildman–Crippen LogP) is 2.04. The lowest BCUT2D eigenvalue weighted by Gasteiger charge is -2.22. The van der Waals surface area contributed by atoms with E-state index < -0.39 is 18.6 Å². The second-order valence-electron chi connectivity index (χ2n) is 3.63. The molecular formula is C10H12ClF3N4O. The summed E-state index contributed by atoms with van der Waals surface area (Å²) in [6.45, 7) is 0.0537. The summed E-state index contributed by atoms with van der Waals surface area (Å²) in [6, 6.07) is 1.21. The second kappa shape index (κ2) is 6.07. The van der Waals surface area contributed by atoms with Gasteiger partial charge in [-0.1, -0.05) is 11.6 Å². The highest BCUT2D eigenvalue weighted by atomic mass is 35.5. The van der Waals surface area contributed by atoms with E-state index in [-0.39, 0.29) is 22.9 Å². The van der Waals surface area contributed by atoms with Gasteiger partial charge in [0.15, 0.2) is 5.82 Å². The van der Waals surface area contributed by atoms with Gasteiger partial charge in [-0.2, -0.15) is 13.2 Å². The van der Waals surface area contributed by atoms with Gasteiger partial charge in [0.1, 0.15) is 6.54 Å². The molecule has 3 N–H and O–H groups in total. The van der Waals surface area contributed by atoms with Crippen molar-refractivity contribution in [2.75, 3.05) is 18.5 Å². The number of anilines is 1. The van der Waals surface area contributed by atoms with Gasteiger partial charge in [-0.3, -0.25) is 4.79 Å². The first kappa shape index (κ1) is 15.5. The number of hydrazine groups is 1. The number of amides is 1. The summed E-state index contributed by atoms with van der Waals surface area (Å²) in [4.78, 5) is 16.3. The molecule has 0 fully saturated rings. The maximum atomic E-state index is 12.3. The van der Waals surface area contributed by atoms with E-state index in [1.54, 1.807) is 0 Å². The van der Waals surface area contributed by atoms with Gasteiger partial charge in [0, 0.05) is 12.7 Å². The summed E-state index contributed by atoms with van der Waals surface area (Å²) in [5.74, 6) is 4.45. The maximum Gasteiger partial charge on any atom is 0.406 e. The first-order valence-corrected chi connectivity index (χ1v) is 5.64. The molecule has 0 spiro atoms. The molecule has 1 heterocycles. The first-order valence-electron chi connectivity index (χ1n) is 5.26. The van der Waals surface area contributed by atoms with E-state index in [4.69, 9.17) is 17.4 Å². The maximum absolute atomic E-state index is 12.3. The van der Waals surface area contributed by atoms with Gasteiger partial charge in [0.25, 0.3) is 5.91 Å².